The van der Waals surface area contributed by atoms with Crippen LogP contribution in [0.25, 0.3) is 0 Å². The molecule has 2 aliphatic rings. The average Bonchev–Trinajstić information content (AvgIpc) is 3.25. The summed E-state index contributed by atoms with van der Waals surface area (Å²) in [5.74, 6) is 0.919. The Kier molecular flexibility index (Phi) is 5.62. The molecule has 0 aromatic rings. The molecule has 0 aromatic carbocycles. The fourth-order valence-corrected chi connectivity index (χ4v) is 2.78. The summed E-state index contributed by atoms with van der Waals surface area (Å²) >= 11 is 0. The Balaban J connectivity index is 1.85. The van der Waals surface area contributed by atoms with Gasteiger partial charge in [-0.3, -0.25) is 9.59 Å². The molecule has 2 atom stereocenters. The molecule has 120 valence electrons. The van der Waals surface area contributed by atoms with Gasteiger partial charge in [-0.05, 0) is 37.5 Å². The van der Waals surface area contributed by atoms with Gasteiger partial charge in [0.25, 0.3) is 0 Å². The SMILES string of the molecule is CCC1C(=O)NC(C(C)C)C(=O)N1CCCOCC1CC1. The minimum Gasteiger partial charge on any atom is -0.381 e. The quantitative estimate of drug-likeness (QED) is 0.692. The van der Waals surface area contributed by atoms with E-state index in [9.17, 15) is 9.59 Å². The fraction of sp³-hybridized carbons (Fsp3) is 0.875. The maximum Gasteiger partial charge on any atom is 0.246 e. The molecule has 1 saturated carbocycles. The van der Waals surface area contributed by atoms with E-state index in [0.29, 0.717) is 19.6 Å². The van der Waals surface area contributed by atoms with E-state index >= 15 is 0 Å². The first-order chi connectivity index (χ1) is 10.0. The van der Waals surface area contributed by atoms with E-state index in [1.165, 1.54) is 12.8 Å². The number of piperazine rings is 1. The molecule has 0 radical (unpaired) electrons. The number of carbonyl (C=O) groups excluding carboxylic acids is 2. The van der Waals surface area contributed by atoms with Gasteiger partial charge in [-0.1, -0.05) is 20.8 Å². The summed E-state index contributed by atoms with van der Waals surface area (Å²) in [6, 6.07) is -0.705. The van der Waals surface area contributed by atoms with E-state index in [0.717, 1.165) is 18.9 Å². The molecule has 0 aromatic heterocycles. The topological polar surface area (TPSA) is 58.6 Å². The smallest absolute Gasteiger partial charge is 0.246 e. The molecule has 2 rings (SSSR count). The monoisotopic (exact) mass is 296 g/mol. The Hall–Kier alpha value is -1.10. The van der Waals surface area contributed by atoms with Crippen molar-refractivity contribution in [2.45, 2.75) is 58.5 Å². The van der Waals surface area contributed by atoms with E-state index in [4.69, 9.17) is 4.74 Å². The van der Waals surface area contributed by atoms with Crippen LogP contribution in [0.1, 0.15) is 46.5 Å². The van der Waals surface area contributed by atoms with Crippen LogP contribution in [-0.4, -0.2) is 48.6 Å². The molecule has 1 aliphatic carbocycles. The second kappa shape index (κ2) is 7.25. The lowest BCUT2D eigenvalue weighted by molar-refractivity contribution is -0.151. The minimum atomic E-state index is -0.382. The van der Waals surface area contributed by atoms with Gasteiger partial charge in [0.1, 0.15) is 12.1 Å². The van der Waals surface area contributed by atoms with Crippen LogP contribution < -0.4 is 5.32 Å². The van der Waals surface area contributed by atoms with Crippen molar-refractivity contribution in [1.29, 1.82) is 0 Å². The van der Waals surface area contributed by atoms with Crippen LogP contribution in [0.5, 0.6) is 0 Å². The van der Waals surface area contributed by atoms with Gasteiger partial charge in [0.05, 0.1) is 0 Å². The highest BCUT2D eigenvalue weighted by molar-refractivity contribution is 5.97. The molecule has 5 heteroatoms. The van der Waals surface area contributed by atoms with E-state index in [1.807, 2.05) is 20.8 Å². The van der Waals surface area contributed by atoms with E-state index in [2.05, 4.69) is 5.32 Å². The Morgan fingerprint density at radius 3 is 2.62 bits per heavy atom. The lowest BCUT2D eigenvalue weighted by Gasteiger charge is -2.40. The molecular formula is C16H28N2O3. The Bertz CT molecular complexity index is 380. The number of nitrogens with one attached hydrogen (secondary N) is 1. The predicted molar refractivity (Wildman–Crippen MR) is 80.7 cm³/mol. The van der Waals surface area contributed by atoms with Crippen LogP contribution in [0.15, 0.2) is 0 Å². The molecular weight excluding hydrogens is 268 g/mol. The first kappa shape index (κ1) is 16.3. The van der Waals surface area contributed by atoms with Crippen molar-refractivity contribution in [2.75, 3.05) is 19.8 Å². The van der Waals surface area contributed by atoms with Crippen LogP contribution in [0.2, 0.25) is 0 Å². The Morgan fingerprint density at radius 2 is 2.05 bits per heavy atom. The summed E-state index contributed by atoms with van der Waals surface area (Å²) in [4.78, 5) is 26.4. The third-order valence-electron chi connectivity index (χ3n) is 4.32. The highest BCUT2D eigenvalue weighted by Crippen LogP contribution is 2.28. The van der Waals surface area contributed by atoms with Gasteiger partial charge in [0, 0.05) is 19.8 Å². The van der Waals surface area contributed by atoms with Crippen LogP contribution in [0.4, 0.5) is 0 Å². The van der Waals surface area contributed by atoms with Gasteiger partial charge >= 0.3 is 0 Å². The van der Waals surface area contributed by atoms with Crippen LogP contribution in [0.3, 0.4) is 0 Å². The lowest BCUT2D eigenvalue weighted by atomic mass is 9.97. The molecule has 2 amide bonds. The summed E-state index contributed by atoms with van der Waals surface area (Å²) in [6.45, 7) is 8.01. The van der Waals surface area contributed by atoms with Crippen molar-refractivity contribution in [3.63, 3.8) is 0 Å². The molecule has 1 heterocycles. The predicted octanol–water partition coefficient (Wildman–Crippen LogP) is 1.56. The second-order valence-electron chi connectivity index (χ2n) is 6.56. The second-order valence-corrected chi connectivity index (χ2v) is 6.56. The van der Waals surface area contributed by atoms with E-state index < -0.39 is 0 Å². The fourth-order valence-electron chi connectivity index (χ4n) is 2.78. The highest BCUT2D eigenvalue weighted by Gasteiger charge is 2.40. The summed E-state index contributed by atoms with van der Waals surface area (Å²) in [5.41, 5.74) is 0. The van der Waals surface area contributed by atoms with Crippen molar-refractivity contribution in [1.82, 2.24) is 10.2 Å². The molecule has 0 bridgehead atoms. The zero-order valence-corrected chi connectivity index (χ0v) is 13.4. The largest absolute Gasteiger partial charge is 0.381 e. The molecule has 1 saturated heterocycles. The number of nitrogens with zero attached hydrogens (tertiary/aromatic N) is 1. The van der Waals surface area contributed by atoms with Crippen LogP contribution >= 0.6 is 0 Å². The first-order valence-corrected chi connectivity index (χ1v) is 8.23. The van der Waals surface area contributed by atoms with Gasteiger partial charge in [-0.15, -0.1) is 0 Å². The van der Waals surface area contributed by atoms with Crippen LogP contribution in [-0.2, 0) is 14.3 Å². The third-order valence-corrected chi connectivity index (χ3v) is 4.32. The maximum absolute atomic E-state index is 12.5. The van der Waals surface area contributed by atoms with Gasteiger partial charge < -0.3 is 15.0 Å². The first-order valence-electron chi connectivity index (χ1n) is 8.23. The van der Waals surface area contributed by atoms with Gasteiger partial charge in [0.2, 0.25) is 11.8 Å². The molecule has 2 unspecified atom stereocenters. The number of rotatable bonds is 8. The summed E-state index contributed by atoms with van der Waals surface area (Å²) < 4.78 is 5.62. The van der Waals surface area contributed by atoms with Gasteiger partial charge in [-0.2, -0.15) is 0 Å². The number of amides is 2. The summed E-state index contributed by atoms with van der Waals surface area (Å²) in [5, 5.41) is 2.86. The number of ether oxygens (including phenoxy) is 1. The van der Waals surface area contributed by atoms with Crippen molar-refractivity contribution in [3.05, 3.63) is 0 Å². The van der Waals surface area contributed by atoms with E-state index in [1.54, 1.807) is 4.90 Å². The zero-order chi connectivity index (χ0) is 15.4. The Morgan fingerprint density at radius 1 is 1.33 bits per heavy atom. The number of carbonyl (C=O) groups is 2. The van der Waals surface area contributed by atoms with Gasteiger partial charge in [0.15, 0.2) is 0 Å². The van der Waals surface area contributed by atoms with Crippen molar-refractivity contribution in [2.24, 2.45) is 11.8 Å². The molecule has 1 aliphatic heterocycles. The summed E-state index contributed by atoms with van der Waals surface area (Å²) in [6.07, 6.45) is 4.04. The Labute approximate surface area is 127 Å². The number of hydrogen-bond acceptors (Lipinski definition) is 3. The average molecular weight is 296 g/mol. The standard InChI is InChI=1S/C16H28N2O3/c1-4-13-15(19)17-14(11(2)3)16(20)18(13)8-5-9-21-10-12-6-7-12/h11-14H,4-10H2,1-3H3,(H,17,19). The van der Waals surface area contributed by atoms with Crippen molar-refractivity contribution in [3.8, 4) is 0 Å². The molecule has 5 nitrogen and oxygen atoms in total. The number of hydrogen-bond donors (Lipinski definition) is 1. The molecule has 2 fully saturated rings. The molecule has 0 spiro atoms. The van der Waals surface area contributed by atoms with Crippen LogP contribution in [0, 0.1) is 11.8 Å². The lowest BCUT2D eigenvalue weighted by Crippen LogP contribution is -2.64. The van der Waals surface area contributed by atoms with E-state index in [-0.39, 0.29) is 29.8 Å². The highest BCUT2D eigenvalue weighted by atomic mass is 16.5. The molecule has 21 heavy (non-hydrogen) atoms. The third kappa shape index (κ3) is 4.19. The molecule has 1 N–H and O–H groups in total. The summed E-state index contributed by atoms with van der Waals surface area (Å²) in [7, 11) is 0. The van der Waals surface area contributed by atoms with Crippen molar-refractivity contribution < 1.29 is 14.3 Å². The van der Waals surface area contributed by atoms with Crippen molar-refractivity contribution >= 4 is 11.8 Å². The maximum atomic E-state index is 12.5. The normalized spacial score (nSPS) is 26.4. The van der Waals surface area contributed by atoms with Gasteiger partial charge in [-0.25, -0.2) is 0 Å². The zero-order valence-electron chi connectivity index (χ0n) is 13.4. The minimum absolute atomic E-state index is 0.0188.